The van der Waals surface area contributed by atoms with Gasteiger partial charge in [-0.1, -0.05) is 6.92 Å². The highest BCUT2D eigenvalue weighted by Crippen LogP contribution is 2.20. The molecule has 0 saturated carbocycles. The molecule has 0 amide bonds. The summed E-state index contributed by atoms with van der Waals surface area (Å²) in [5.74, 6) is 0.721. The number of rotatable bonds is 4. The average Bonchev–Trinajstić information content (AvgIpc) is 3.16. The Morgan fingerprint density at radius 3 is 2.33 bits per heavy atom. The molecule has 9 heteroatoms. The van der Waals surface area contributed by atoms with Crippen LogP contribution < -0.4 is 11.2 Å². The van der Waals surface area contributed by atoms with E-state index in [9.17, 15) is 9.59 Å². The van der Waals surface area contributed by atoms with Crippen LogP contribution in [-0.4, -0.2) is 72.6 Å². The first-order valence-electron chi connectivity index (χ1n) is 9.54. The second kappa shape index (κ2) is 6.65. The summed E-state index contributed by atoms with van der Waals surface area (Å²) >= 11 is 0. The Bertz CT molecular complexity index is 1110. The van der Waals surface area contributed by atoms with Crippen molar-refractivity contribution in [1.29, 1.82) is 0 Å². The van der Waals surface area contributed by atoms with E-state index in [4.69, 9.17) is 0 Å². The van der Waals surface area contributed by atoms with Crippen molar-refractivity contribution in [1.82, 2.24) is 33.3 Å². The smallest absolute Gasteiger partial charge is 0.313 e. The Labute approximate surface area is 156 Å². The maximum absolute atomic E-state index is 12.4. The highest BCUT2D eigenvalue weighted by atomic mass is 16.2. The van der Waals surface area contributed by atoms with Crippen molar-refractivity contribution < 1.29 is 0 Å². The first kappa shape index (κ1) is 18.0. The fourth-order valence-corrected chi connectivity index (χ4v) is 4.02. The second-order valence-corrected chi connectivity index (χ2v) is 7.34. The van der Waals surface area contributed by atoms with Crippen LogP contribution >= 0.6 is 0 Å². The van der Waals surface area contributed by atoms with Crippen molar-refractivity contribution >= 4 is 16.9 Å². The average molecular weight is 373 g/mol. The van der Waals surface area contributed by atoms with E-state index in [1.807, 2.05) is 11.3 Å². The molecule has 4 rings (SSSR count). The molecule has 146 valence electrons. The summed E-state index contributed by atoms with van der Waals surface area (Å²) in [6.45, 7) is 13.5. The minimum absolute atomic E-state index is 0.392. The Kier molecular flexibility index (Phi) is 4.43. The predicted octanol–water partition coefficient (Wildman–Crippen LogP) is -0.0697. The molecule has 0 aromatic carbocycles. The van der Waals surface area contributed by atoms with Gasteiger partial charge in [0.15, 0.2) is 11.2 Å². The molecule has 0 spiro atoms. The fraction of sp³-hybridized carbons (Fsp3) is 0.611. The van der Waals surface area contributed by atoms with Crippen LogP contribution in [0, 0.1) is 13.8 Å². The highest BCUT2D eigenvalue weighted by molar-refractivity contribution is 5.76. The van der Waals surface area contributed by atoms with Crippen LogP contribution in [0.5, 0.6) is 0 Å². The number of nitrogens with zero attached hydrogens (tertiary/aromatic N) is 6. The SMILES string of the molecule is CCN1CCN(CCn2c(C)c(C)n3c4c(=O)[nH]c(=O)n(C)c4nc23)CC1. The maximum Gasteiger partial charge on any atom is 0.329 e. The van der Waals surface area contributed by atoms with Gasteiger partial charge in [-0.05, 0) is 20.4 Å². The standard InChI is InChI=1S/C18H27N7O2/c1-5-22-6-8-23(9-7-22)10-11-24-12(2)13(3)25-14-15(19-17(24)25)21(4)18(27)20-16(14)26/h5-11H2,1-4H3,(H,20,26,27). The third-order valence-corrected chi connectivity index (χ3v) is 5.96. The monoisotopic (exact) mass is 373 g/mol. The van der Waals surface area contributed by atoms with Crippen LogP contribution in [-0.2, 0) is 13.6 Å². The largest absolute Gasteiger partial charge is 0.329 e. The number of hydrogen-bond donors (Lipinski definition) is 1. The van der Waals surface area contributed by atoms with Crippen LogP contribution in [0.1, 0.15) is 18.3 Å². The topological polar surface area (TPSA) is 83.6 Å². The zero-order valence-corrected chi connectivity index (χ0v) is 16.4. The summed E-state index contributed by atoms with van der Waals surface area (Å²) in [4.78, 5) is 36.3. The van der Waals surface area contributed by atoms with Gasteiger partial charge in [0.2, 0.25) is 5.78 Å². The highest BCUT2D eigenvalue weighted by Gasteiger charge is 2.21. The lowest BCUT2D eigenvalue weighted by Crippen LogP contribution is -2.46. The summed E-state index contributed by atoms with van der Waals surface area (Å²) < 4.78 is 5.43. The van der Waals surface area contributed by atoms with Crippen LogP contribution in [0.2, 0.25) is 0 Å². The van der Waals surface area contributed by atoms with E-state index in [0.29, 0.717) is 11.2 Å². The number of fused-ring (bicyclic) bond motifs is 3. The fourth-order valence-electron chi connectivity index (χ4n) is 4.02. The number of H-pyrrole nitrogens is 1. The number of aromatic nitrogens is 5. The summed E-state index contributed by atoms with van der Waals surface area (Å²) in [6, 6.07) is 0. The van der Waals surface area contributed by atoms with Gasteiger partial charge < -0.3 is 9.47 Å². The van der Waals surface area contributed by atoms with Gasteiger partial charge in [-0.25, -0.2) is 4.79 Å². The van der Waals surface area contributed by atoms with E-state index in [2.05, 4.69) is 38.2 Å². The van der Waals surface area contributed by atoms with Gasteiger partial charge in [0.25, 0.3) is 5.56 Å². The zero-order chi connectivity index (χ0) is 19.3. The van der Waals surface area contributed by atoms with Crippen molar-refractivity contribution in [3.05, 3.63) is 32.2 Å². The van der Waals surface area contributed by atoms with E-state index in [1.54, 1.807) is 7.05 Å². The lowest BCUT2D eigenvalue weighted by molar-refractivity contribution is 0.134. The molecular formula is C18H27N7O2. The van der Waals surface area contributed by atoms with Gasteiger partial charge in [-0.15, -0.1) is 0 Å². The zero-order valence-electron chi connectivity index (χ0n) is 16.4. The van der Waals surface area contributed by atoms with Gasteiger partial charge in [-0.3, -0.25) is 23.6 Å². The Morgan fingerprint density at radius 1 is 1.00 bits per heavy atom. The molecule has 0 bridgehead atoms. The van der Waals surface area contributed by atoms with Crippen molar-refractivity contribution in [2.75, 3.05) is 39.3 Å². The van der Waals surface area contributed by atoms with Crippen molar-refractivity contribution in [2.45, 2.75) is 27.3 Å². The summed E-state index contributed by atoms with van der Waals surface area (Å²) in [5, 5.41) is 0. The number of piperazine rings is 1. The number of hydrogen-bond acceptors (Lipinski definition) is 5. The van der Waals surface area contributed by atoms with Gasteiger partial charge in [0.1, 0.15) is 0 Å². The van der Waals surface area contributed by atoms with Gasteiger partial charge in [-0.2, -0.15) is 4.98 Å². The quantitative estimate of drug-likeness (QED) is 0.692. The Balaban J connectivity index is 1.71. The molecule has 1 aliphatic rings. The second-order valence-electron chi connectivity index (χ2n) is 7.34. The molecule has 9 nitrogen and oxygen atoms in total. The molecular weight excluding hydrogens is 346 g/mol. The minimum atomic E-state index is -0.442. The first-order valence-corrected chi connectivity index (χ1v) is 9.54. The van der Waals surface area contributed by atoms with Crippen LogP contribution in [0.25, 0.3) is 16.9 Å². The molecule has 1 N–H and O–H groups in total. The number of nitrogens with one attached hydrogen (secondary N) is 1. The van der Waals surface area contributed by atoms with Crippen LogP contribution in [0.3, 0.4) is 0 Å². The number of aryl methyl sites for hydroxylation is 2. The predicted molar refractivity (Wildman–Crippen MR) is 105 cm³/mol. The first-order chi connectivity index (χ1) is 12.9. The van der Waals surface area contributed by atoms with E-state index in [0.717, 1.165) is 63.0 Å². The molecule has 1 fully saturated rings. The minimum Gasteiger partial charge on any atom is -0.313 e. The van der Waals surface area contributed by atoms with Gasteiger partial charge in [0.05, 0.1) is 0 Å². The van der Waals surface area contributed by atoms with Gasteiger partial charge in [0, 0.05) is 57.7 Å². The van der Waals surface area contributed by atoms with Crippen LogP contribution in [0.4, 0.5) is 0 Å². The molecule has 0 aliphatic carbocycles. The molecule has 3 aromatic rings. The molecule has 3 aromatic heterocycles. The summed E-state index contributed by atoms with van der Waals surface area (Å²) in [5.41, 5.74) is 2.10. The lowest BCUT2D eigenvalue weighted by Gasteiger charge is -2.34. The van der Waals surface area contributed by atoms with E-state index in [1.165, 1.54) is 4.57 Å². The summed E-state index contributed by atoms with van der Waals surface area (Å²) in [7, 11) is 1.63. The molecule has 27 heavy (non-hydrogen) atoms. The number of imidazole rings is 2. The maximum atomic E-state index is 12.4. The summed E-state index contributed by atoms with van der Waals surface area (Å²) in [6.07, 6.45) is 0. The third-order valence-electron chi connectivity index (χ3n) is 5.96. The van der Waals surface area contributed by atoms with Crippen LogP contribution in [0.15, 0.2) is 9.59 Å². The molecule has 0 radical (unpaired) electrons. The Hall–Kier alpha value is -2.39. The normalized spacial score (nSPS) is 16.7. The van der Waals surface area contributed by atoms with Crippen molar-refractivity contribution in [3.63, 3.8) is 0 Å². The van der Waals surface area contributed by atoms with E-state index in [-0.39, 0.29) is 0 Å². The van der Waals surface area contributed by atoms with Crippen molar-refractivity contribution in [3.8, 4) is 0 Å². The third kappa shape index (κ3) is 2.81. The van der Waals surface area contributed by atoms with Crippen molar-refractivity contribution in [2.24, 2.45) is 7.05 Å². The number of likely N-dealkylation sites (N-methyl/N-ethyl adjacent to an activating group) is 1. The Morgan fingerprint density at radius 2 is 1.67 bits per heavy atom. The molecule has 1 saturated heterocycles. The molecule has 0 unspecified atom stereocenters. The van der Waals surface area contributed by atoms with E-state index >= 15 is 0 Å². The number of aromatic amines is 1. The molecule has 4 heterocycles. The van der Waals surface area contributed by atoms with E-state index < -0.39 is 11.2 Å². The molecule has 0 atom stereocenters. The lowest BCUT2D eigenvalue weighted by atomic mass is 10.3. The van der Waals surface area contributed by atoms with Gasteiger partial charge >= 0.3 is 5.69 Å². The molecule has 1 aliphatic heterocycles.